The highest BCUT2D eigenvalue weighted by Crippen LogP contribution is 2.31. The maximum Gasteiger partial charge on any atom is 0.319 e. The van der Waals surface area contributed by atoms with Crippen molar-refractivity contribution in [1.29, 1.82) is 0 Å². The zero-order valence-corrected chi connectivity index (χ0v) is 19.5. The molecule has 1 atom stereocenters. The molecule has 0 radical (unpaired) electrons. The number of rotatable bonds is 11. The average Bonchev–Trinajstić information content (AvgIpc) is 2.85. The van der Waals surface area contributed by atoms with Crippen LogP contribution in [0, 0.1) is 0 Å². The number of ether oxygens (including phenoxy) is 3. The minimum absolute atomic E-state index is 0.0343. The summed E-state index contributed by atoms with van der Waals surface area (Å²) in [6, 6.07) is 13.6. The second-order valence-electron chi connectivity index (χ2n) is 7.62. The van der Waals surface area contributed by atoms with Crippen molar-refractivity contribution in [2.24, 2.45) is 0 Å². The summed E-state index contributed by atoms with van der Waals surface area (Å²) in [7, 11) is 2.58. The first-order valence-corrected chi connectivity index (χ1v) is 10.8. The van der Waals surface area contributed by atoms with Crippen LogP contribution in [0.3, 0.4) is 0 Å². The monoisotopic (exact) mass is 467 g/mol. The number of nitrogens with one attached hydrogen (secondary N) is 1. The van der Waals surface area contributed by atoms with Gasteiger partial charge in [0, 0.05) is 24.0 Å². The predicted molar refractivity (Wildman–Crippen MR) is 128 cm³/mol. The van der Waals surface area contributed by atoms with Gasteiger partial charge in [-0.3, -0.25) is 14.5 Å². The second-order valence-corrected chi connectivity index (χ2v) is 7.62. The van der Waals surface area contributed by atoms with Gasteiger partial charge < -0.3 is 25.3 Å². The van der Waals surface area contributed by atoms with Crippen LogP contribution in [-0.4, -0.2) is 67.3 Å². The predicted octanol–water partition coefficient (Wildman–Crippen LogP) is 2.41. The van der Waals surface area contributed by atoms with Crippen molar-refractivity contribution in [2.45, 2.75) is 13.0 Å². The van der Waals surface area contributed by atoms with Gasteiger partial charge in [0.2, 0.25) is 0 Å². The smallest absolute Gasteiger partial charge is 0.319 e. The molecule has 10 heteroatoms. The summed E-state index contributed by atoms with van der Waals surface area (Å²) in [4.78, 5) is 33.6. The summed E-state index contributed by atoms with van der Waals surface area (Å²) in [5.41, 5.74) is 8.47. The minimum Gasteiger partial charge on any atom is -0.490 e. The van der Waals surface area contributed by atoms with Gasteiger partial charge in [-0.05, 0) is 18.6 Å². The molecule has 0 aliphatic rings. The molecule has 1 aromatic heterocycles. The zero-order valence-electron chi connectivity index (χ0n) is 19.5. The molecule has 0 fully saturated rings. The van der Waals surface area contributed by atoms with Crippen LogP contribution in [0.25, 0.3) is 10.9 Å². The number of benzene rings is 2. The summed E-state index contributed by atoms with van der Waals surface area (Å²) >= 11 is 0. The number of fused-ring (bicyclic) bond motifs is 1. The molecule has 34 heavy (non-hydrogen) atoms. The van der Waals surface area contributed by atoms with E-state index in [0.717, 1.165) is 10.9 Å². The number of hydrogen-bond donors (Lipinski definition) is 2. The number of carbonyl (C=O) groups excluding carboxylic acids is 2. The highest BCUT2D eigenvalue weighted by Gasteiger charge is 2.16. The van der Waals surface area contributed by atoms with Gasteiger partial charge in [0.1, 0.15) is 24.5 Å². The molecule has 3 rings (SSSR count). The number of methoxy groups -OCH3 is 2. The summed E-state index contributed by atoms with van der Waals surface area (Å²) in [6.07, 6.45) is 1.48. The van der Waals surface area contributed by atoms with Crippen molar-refractivity contribution < 1.29 is 23.8 Å². The van der Waals surface area contributed by atoms with Gasteiger partial charge in [0.05, 0.1) is 38.5 Å². The van der Waals surface area contributed by atoms with Gasteiger partial charge in [-0.2, -0.15) is 0 Å². The van der Waals surface area contributed by atoms with E-state index >= 15 is 0 Å². The lowest BCUT2D eigenvalue weighted by Crippen LogP contribution is -2.38. The molecule has 0 bridgehead atoms. The molecular weight excluding hydrogens is 438 g/mol. The number of nitrogen functional groups attached to an aromatic ring is 1. The number of aromatic nitrogens is 2. The first-order valence-electron chi connectivity index (χ1n) is 10.8. The van der Waals surface area contributed by atoms with Crippen LogP contribution in [0.1, 0.15) is 18.5 Å². The lowest BCUT2D eigenvalue weighted by molar-refractivity contribution is -0.145. The van der Waals surface area contributed by atoms with E-state index in [1.54, 1.807) is 17.0 Å². The molecule has 1 heterocycles. The summed E-state index contributed by atoms with van der Waals surface area (Å²) in [5.74, 6) is 0.192. The van der Waals surface area contributed by atoms with Crippen molar-refractivity contribution >= 4 is 34.3 Å². The molecular formula is C24H29N5O5. The molecule has 0 unspecified atom stereocenters. The Morgan fingerprint density at radius 1 is 1.06 bits per heavy atom. The van der Waals surface area contributed by atoms with Gasteiger partial charge in [0.15, 0.2) is 0 Å². The van der Waals surface area contributed by atoms with E-state index in [1.807, 2.05) is 30.3 Å². The molecule has 0 spiro atoms. The first-order chi connectivity index (χ1) is 16.4. The van der Waals surface area contributed by atoms with Gasteiger partial charge in [0.25, 0.3) is 0 Å². The molecule has 3 N–H and O–H groups in total. The second kappa shape index (κ2) is 11.8. The Morgan fingerprint density at radius 2 is 1.74 bits per heavy atom. The van der Waals surface area contributed by atoms with Crippen LogP contribution in [0.4, 0.5) is 11.5 Å². The quantitative estimate of drug-likeness (QED) is 0.320. The lowest BCUT2D eigenvalue weighted by Gasteiger charge is -2.20. The van der Waals surface area contributed by atoms with E-state index in [9.17, 15) is 9.59 Å². The van der Waals surface area contributed by atoms with Gasteiger partial charge in [-0.1, -0.05) is 30.3 Å². The van der Waals surface area contributed by atoms with E-state index in [2.05, 4.69) is 31.7 Å². The average molecular weight is 468 g/mol. The third kappa shape index (κ3) is 6.55. The fourth-order valence-electron chi connectivity index (χ4n) is 3.36. The van der Waals surface area contributed by atoms with Crippen molar-refractivity contribution in [2.75, 3.05) is 51.5 Å². The normalized spacial score (nSPS) is 11.8. The number of carbonyl (C=O) groups is 2. The molecule has 0 saturated heterocycles. The Kier molecular flexibility index (Phi) is 8.58. The van der Waals surface area contributed by atoms with E-state index in [1.165, 1.54) is 20.5 Å². The largest absolute Gasteiger partial charge is 0.490 e. The van der Waals surface area contributed by atoms with E-state index in [-0.39, 0.29) is 32.3 Å². The van der Waals surface area contributed by atoms with E-state index in [0.29, 0.717) is 22.8 Å². The van der Waals surface area contributed by atoms with Crippen LogP contribution in [-0.2, 0) is 19.1 Å². The zero-order chi connectivity index (χ0) is 24.5. The Bertz CT molecular complexity index is 1110. The third-order valence-electron chi connectivity index (χ3n) is 5.25. The standard InChI is InChI=1S/C24H29N5O5/c1-16(17-7-5-4-6-8-17)28-24-18-11-19(25)21(12-20(18)26-15-27-24)34-10-9-29(13-22(30)32-2)14-23(31)33-3/h4-8,11-12,15-16H,9-10,13-14,25H2,1-3H3,(H,26,27,28)/t16-/m1/s1. The minimum atomic E-state index is -0.462. The third-order valence-corrected chi connectivity index (χ3v) is 5.25. The number of esters is 2. The Morgan fingerprint density at radius 3 is 2.38 bits per heavy atom. The Labute approximate surface area is 198 Å². The van der Waals surface area contributed by atoms with Crippen LogP contribution in [0.5, 0.6) is 5.75 Å². The van der Waals surface area contributed by atoms with E-state index < -0.39 is 11.9 Å². The van der Waals surface area contributed by atoms with E-state index in [4.69, 9.17) is 10.5 Å². The van der Waals surface area contributed by atoms with Crippen molar-refractivity contribution in [3.63, 3.8) is 0 Å². The molecule has 0 saturated carbocycles. The highest BCUT2D eigenvalue weighted by molar-refractivity contribution is 5.93. The molecule has 0 amide bonds. The maximum atomic E-state index is 11.6. The fraction of sp³-hybridized carbons (Fsp3) is 0.333. The van der Waals surface area contributed by atoms with Crippen LogP contribution in [0.2, 0.25) is 0 Å². The number of nitrogens with two attached hydrogens (primary N) is 1. The Balaban J connectivity index is 1.71. The molecule has 2 aromatic carbocycles. The SMILES string of the molecule is COC(=O)CN(CCOc1cc2ncnc(N[C@H](C)c3ccccc3)c2cc1N)CC(=O)OC. The molecule has 0 aliphatic heterocycles. The van der Waals surface area contributed by atoms with Crippen molar-refractivity contribution in [3.05, 3.63) is 54.4 Å². The van der Waals surface area contributed by atoms with Gasteiger partial charge in [-0.15, -0.1) is 0 Å². The molecule has 3 aromatic rings. The molecule has 180 valence electrons. The van der Waals surface area contributed by atoms with Crippen LogP contribution in [0.15, 0.2) is 48.8 Å². The van der Waals surface area contributed by atoms with Crippen molar-refractivity contribution in [3.8, 4) is 5.75 Å². The summed E-state index contributed by atoms with van der Waals surface area (Å²) in [5, 5.41) is 4.18. The first kappa shape index (κ1) is 24.7. The van der Waals surface area contributed by atoms with Crippen molar-refractivity contribution in [1.82, 2.24) is 14.9 Å². The number of nitrogens with zero attached hydrogens (tertiary/aromatic N) is 3. The van der Waals surface area contributed by atoms with Crippen LogP contribution >= 0.6 is 0 Å². The summed E-state index contributed by atoms with van der Waals surface area (Å²) in [6.45, 7) is 2.39. The molecule has 0 aliphatic carbocycles. The highest BCUT2D eigenvalue weighted by atomic mass is 16.5. The lowest BCUT2D eigenvalue weighted by atomic mass is 10.1. The Hall–Kier alpha value is -3.92. The van der Waals surface area contributed by atoms with Gasteiger partial charge in [-0.25, -0.2) is 9.97 Å². The summed E-state index contributed by atoms with van der Waals surface area (Å²) < 4.78 is 15.2. The number of hydrogen-bond acceptors (Lipinski definition) is 10. The van der Waals surface area contributed by atoms with Gasteiger partial charge >= 0.3 is 11.9 Å². The fourth-order valence-corrected chi connectivity index (χ4v) is 3.36. The maximum absolute atomic E-state index is 11.6. The van der Waals surface area contributed by atoms with Crippen LogP contribution < -0.4 is 15.8 Å². The topological polar surface area (TPSA) is 129 Å². The number of anilines is 2. The molecule has 10 nitrogen and oxygen atoms in total.